The Bertz CT molecular complexity index is 331. The monoisotopic (exact) mass is 207 g/mol. The summed E-state index contributed by atoms with van der Waals surface area (Å²) < 4.78 is 5.33. The van der Waals surface area contributed by atoms with E-state index in [1.54, 1.807) is 6.26 Å². The van der Waals surface area contributed by atoms with Crippen molar-refractivity contribution in [2.24, 2.45) is 5.41 Å². The van der Waals surface area contributed by atoms with E-state index < -0.39 is 6.10 Å². The molecule has 3 unspecified atom stereocenters. The Balaban J connectivity index is 1.86. The molecule has 1 N–H and O–H groups in total. The SMILES string of the molecule is OC(c1ccco1)C12CCCN(CC1)C2. The van der Waals surface area contributed by atoms with E-state index in [4.69, 9.17) is 4.42 Å². The molecule has 2 bridgehead atoms. The van der Waals surface area contributed by atoms with Crippen molar-refractivity contribution in [2.75, 3.05) is 19.6 Å². The van der Waals surface area contributed by atoms with Crippen molar-refractivity contribution in [3.63, 3.8) is 0 Å². The number of fused-ring (bicyclic) bond motifs is 2. The number of furan rings is 1. The quantitative estimate of drug-likeness (QED) is 0.803. The highest BCUT2D eigenvalue weighted by atomic mass is 16.4. The van der Waals surface area contributed by atoms with Crippen molar-refractivity contribution in [3.05, 3.63) is 24.2 Å². The molecular weight excluding hydrogens is 190 g/mol. The average molecular weight is 207 g/mol. The van der Waals surface area contributed by atoms with Gasteiger partial charge in [-0.05, 0) is 44.5 Å². The molecule has 3 nitrogen and oxygen atoms in total. The van der Waals surface area contributed by atoms with Gasteiger partial charge in [0.2, 0.25) is 0 Å². The van der Waals surface area contributed by atoms with Crippen molar-refractivity contribution in [3.8, 4) is 0 Å². The molecule has 3 atom stereocenters. The van der Waals surface area contributed by atoms with Crippen LogP contribution in [0.1, 0.15) is 31.1 Å². The minimum atomic E-state index is -0.419. The summed E-state index contributed by atoms with van der Waals surface area (Å²) >= 11 is 0. The van der Waals surface area contributed by atoms with Gasteiger partial charge in [-0.25, -0.2) is 0 Å². The number of hydrogen-bond donors (Lipinski definition) is 1. The van der Waals surface area contributed by atoms with Gasteiger partial charge in [0.25, 0.3) is 0 Å². The van der Waals surface area contributed by atoms with E-state index in [-0.39, 0.29) is 5.41 Å². The van der Waals surface area contributed by atoms with Crippen molar-refractivity contribution >= 4 is 0 Å². The summed E-state index contributed by atoms with van der Waals surface area (Å²) in [5, 5.41) is 10.4. The number of hydrogen-bond acceptors (Lipinski definition) is 3. The van der Waals surface area contributed by atoms with Crippen LogP contribution in [-0.2, 0) is 0 Å². The highest BCUT2D eigenvalue weighted by molar-refractivity contribution is 5.10. The molecule has 2 aliphatic heterocycles. The smallest absolute Gasteiger partial charge is 0.132 e. The highest BCUT2D eigenvalue weighted by Gasteiger charge is 2.47. The normalized spacial score (nSPS) is 36.7. The Kier molecular flexibility index (Phi) is 2.11. The molecule has 0 aromatic carbocycles. The minimum Gasteiger partial charge on any atom is -0.467 e. The lowest BCUT2D eigenvalue weighted by atomic mass is 9.75. The first-order valence-corrected chi connectivity index (χ1v) is 5.74. The largest absolute Gasteiger partial charge is 0.467 e. The van der Waals surface area contributed by atoms with E-state index in [9.17, 15) is 5.11 Å². The van der Waals surface area contributed by atoms with Crippen LogP contribution in [0.2, 0.25) is 0 Å². The number of nitrogens with zero attached hydrogens (tertiary/aromatic N) is 1. The van der Waals surface area contributed by atoms with Gasteiger partial charge in [-0.3, -0.25) is 0 Å². The van der Waals surface area contributed by atoms with Crippen LogP contribution in [-0.4, -0.2) is 29.6 Å². The third-order valence-electron chi connectivity index (χ3n) is 4.01. The molecule has 0 spiro atoms. The Morgan fingerprint density at radius 1 is 1.40 bits per heavy atom. The highest BCUT2D eigenvalue weighted by Crippen LogP contribution is 2.48. The van der Waals surface area contributed by atoms with Crippen LogP contribution in [0.4, 0.5) is 0 Å². The van der Waals surface area contributed by atoms with E-state index in [0.717, 1.165) is 31.7 Å². The van der Waals surface area contributed by atoms with E-state index in [1.807, 2.05) is 12.1 Å². The molecule has 2 fully saturated rings. The average Bonchev–Trinajstić information content (AvgIpc) is 2.87. The summed E-state index contributed by atoms with van der Waals surface area (Å²) in [6.07, 6.45) is 4.67. The number of rotatable bonds is 2. The van der Waals surface area contributed by atoms with Gasteiger partial charge in [-0.2, -0.15) is 0 Å². The van der Waals surface area contributed by atoms with Gasteiger partial charge in [0, 0.05) is 12.0 Å². The van der Waals surface area contributed by atoms with Crippen LogP contribution >= 0.6 is 0 Å². The maximum absolute atomic E-state index is 10.4. The number of aliphatic hydroxyl groups excluding tert-OH is 1. The fraction of sp³-hybridized carbons (Fsp3) is 0.667. The van der Waals surface area contributed by atoms with Crippen LogP contribution in [0.5, 0.6) is 0 Å². The number of aliphatic hydroxyl groups is 1. The molecule has 3 heterocycles. The van der Waals surface area contributed by atoms with E-state index in [2.05, 4.69) is 4.90 Å². The van der Waals surface area contributed by atoms with Crippen LogP contribution in [0, 0.1) is 5.41 Å². The van der Waals surface area contributed by atoms with Gasteiger partial charge in [-0.15, -0.1) is 0 Å². The summed E-state index contributed by atoms with van der Waals surface area (Å²) in [5.74, 6) is 0.735. The first-order valence-electron chi connectivity index (χ1n) is 5.74. The van der Waals surface area contributed by atoms with Gasteiger partial charge in [0.1, 0.15) is 11.9 Å². The summed E-state index contributed by atoms with van der Waals surface area (Å²) in [7, 11) is 0. The number of piperidine rings is 1. The Morgan fingerprint density at radius 2 is 2.33 bits per heavy atom. The first-order chi connectivity index (χ1) is 7.30. The van der Waals surface area contributed by atoms with E-state index in [0.29, 0.717) is 0 Å². The first kappa shape index (κ1) is 9.43. The topological polar surface area (TPSA) is 36.6 Å². The second kappa shape index (κ2) is 3.35. The van der Waals surface area contributed by atoms with Gasteiger partial charge in [-0.1, -0.05) is 0 Å². The Hall–Kier alpha value is -0.800. The zero-order valence-electron chi connectivity index (χ0n) is 8.85. The lowest BCUT2D eigenvalue weighted by molar-refractivity contribution is -0.00675. The molecule has 3 rings (SSSR count). The predicted molar refractivity (Wildman–Crippen MR) is 56.4 cm³/mol. The third-order valence-corrected chi connectivity index (χ3v) is 4.01. The maximum atomic E-state index is 10.4. The summed E-state index contributed by atoms with van der Waals surface area (Å²) in [4.78, 5) is 2.45. The molecule has 0 aliphatic carbocycles. The lowest BCUT2D eigenvalue weighted by Crippen LogP contribution is -2.37. The predicted octanol–water partition coefficient (Wildman–Crippen LogP) is 1.80. The van der Waals surface area contributed by atoms with Gasteiger partial charge < -0.3 is 14.4 Å². The molecule has 0 saturated carbocycles. The third kappa shape index (κ3) is 1.42. The minimum absolute atomic E-state index is 0.0656. The van der Waals surface area contributed by atoms with Crippen LogP contribution in [0.25, 0.3) is 0 Å². The lowest BCUT2D eigenvalue weighted by Gasteiger charge is -2.36. The maximum Gasteiger partial charge on any atom is 0.132 e. The van der Waals surface area contributed by atoms with Gasteiger partial charge in [0.15, 0.2) is 0 Å². The fourth-order valence-corrected chi connectivity index (χ4v) is 3.14. The van der Waals surface area contributed by atoms with E-state index >= 15 is 0 Å². The fourth-order valence-electron chi connectivity index (χ4n) is 3.14. The van der Waals surface area contributed by atoms with E-state index in [1.165, 1.54) is 13.0 Å². The van der Waals surface area contributed by atoms with Crippen LogP contribution in [0.15, 0.2) is 22.8 Å². The molecule has 15 heavy (non-hydrogen) atoms. The summed E-state index contributed by atoms with van der Waals surface area (Å²) in [5.41, 5.74) is 0.0656. The summed E-state index contributed by atoms with van der Waals surface area (Å²) in [6, 6.07) is 3.74. The van der Waals surface area contributed by atoms with Crippen molar-refractivity contribution < 1.29 is 9.52 Å². The van der Waals surface area contributed by atoms with Crippen molar-refractivity contribution in [2.45, 2.75) is 25.4 Å². The summed E-state index contributed by atoms with van der Waals surface area (Å²) in [6.45, 7) is 3.37. The molecule has 2 aliphatic rings. The molecule has 2 saturated heterocycles. The molecule has 1 aromatic heterocycles. The van der Waals surface area contributed by atoms with Crippen LogP contribution in [0.3, 0.4) is 0 Å². The van der Waals surface area contributed by atoms with Crippen molar-refractivity contribution in [1.29, 1.82) is 0 Å². The van der Waals surface area contributed by atoms with Crippen LogP contribution < -0.4 is 0 Å². The standard InChI is InChI=1S/C12H17NO2/c14-11(10-3-1-8-15-10)12-4-2-6-13(9-12)7-5-12/h1,3,8,11,14H,2,4-7,9H2. The molecular formula is C12H17NO2. The molecule has 0 amide bonds. The van der Waals surface area contributed by atoms with Gasteiger partial charge in [0.05, 0.1) is 6.26 Å². The van der Waals surface area contributed by atoms with Crippen molar-refractivity contribution in [1.82, 2.24) is 4.90 Å². The molecule has 1 aromatic rings. The zero-order valence-corrected chi connectivity index (χ0v) is 8.85. The Labute approximate surface area is 89.7 Å². The molecule has 82 valence electrons. The molecule has 3 heteroatoms. The Morgan fingerprint density at radius 3 is 3.13 bits per heavy atom. The molecule has 0 radical (unpaired) electrons. The zero-order chi connectivity index (χ0) is 10.3. The second-order valence-corrected chi connectivity index (χ2v) is 4.91. The second-order valence-electron chi connectivity index (χ2n) is 4.91. The van der Waals surface area contributed by atoms with Gasteiger partial charge >= 0.3 is 0 Å².